The maximum Gasteiger partial charge on any atom is 0.00739 e. The highest BCUT2D eigenvalue weighted by molar-refractivity contribution is 4.85. The van der Waals surface area contributed by atoms with Crippen LogP contribution >= 0.6 is 0 Å². The average molecular weight is 226 g/mol. The molecule has 1 atom stereocenters. The van der Waals surface area contributed by atoms with E-state index in [4.69, 9.17) is 5.73 Å². The summed E-state index contributed by atoms with van der Waals surface area (Å²) in [5.41, 5.74) is 6.65. The van der Waals surface area contributed by atoms with Crippen molar-refractivity contribution in [2.24, 2.45) is 17.1 Å². The van der Waals surface area contributed by atoms with E-state index in [2.05, 4.69) is 26.1 Å². The van der Waals surface area contributed by atoms with Gasteiger partial charge in [-0.15, -0.1) is 0 Å². The zero-order valence-corrected chi connectivity index (χ0v) is 11.4. The Hall–Kier alpha value is -0.0800. The Kier molecular flexibility index (Phi) is 5.77. The number of hydrogen-bond acceptors (Lipinski definition) is 2. The zero-order chi connectivity index (χ0) is 12.0. The van der Waals surface area contributed by atoms with Gasteiger partial charge >= 0.3 is 0 Å². The zero-order valence-electron chi connectivity index (χ0n) is 11.4. The molecule has 1 aliphatic rings. The molecule has 16 heavy (non-hydrogen) atoms. The van der Waals surface area contributed by atoms with Gasteiger partial charge in [0.05, 0.1) is 0 Å². The van der Waals surface area contributed by atoms with Crippen molar-refractivity contribution in [1.29, 1.82) is 0 Å². The molecule has 0 radical (unpaired) electrons. The monoisotopic (exact) mass is 226 g/mol. The van der Waals surface area contributed by atoms with E-state index in [0.29, 0.717) is 17.4 Å². The maximum absolute atomic E-state index is 6.04. The lowest BCUT2D eigenvalue weighted by Crippen LogP contribution is -2.36. The number of nitrogens with one attached hydrogen (secondary N) is 1. The molecular formula is C14H30N2. The van der Waals surface area contributed by atoms with Crippen LogP contribution < -0.4 is 11.1 Å². The molecular weight excluding hydrogens is 196 g/mol. The second kappa shape index (κ2) is 6.61. The van der Waals surface area contributed by atoms with Crippen molar-refractivity contribution in [3.05, 3.63) is 0 Å². The molecule has 2 heteroatoms. The lowest BCUT2D eigenvalue weighted by atomic mass is 9.83. The molecule has 0 aromatic heterocycles. The highest BCUT2D eigenvalue weighted by Gasteiger charge is 2.31. The molecule has 1 rings (SSSR count). The molecule has 1 unspecified atom stereocenters. The van der Waals surface area contributed by atoms with E-state index in [1.54, 1.807) is 0 Å². The molecule has 0 amide bonds. The number of hydrogen-bond donors (Lipinski definition) is 2. The number of rotatable bonds is 7. The normalized spacial score (nSPS) is 21.6. The van der Waals surface area contributed by atoms with E-state index in [1.807, 2.05) is 0 Å². The Bertz CT molecular complexity index is 183. The first-order valence-corrected chi connectivity index (χ1v) is 7.06. The minimum absolute atomic E-state index is 0.355. The van der Waals surface area contributed by atoms with Crippen LogP contribution in [0.5, 0.6) is 0 Å². The first-order valence-electron chi connectivity index (χ1n) is 7.06. The van der Waals surface area contributed by atoms with E-state index >= 15 is 0 Å². The van der Waals surface area contributed by atoms with Gasteiger partial charge in [-0.25, -0.2) is 0 Å². The molecule has 3 N–H and O–H groups in total. The van der Waals surface area contributed by atoms with Gasteiger partial charge in [0.1, 0.15) is 0 Å². The fraction of sp³-hybridized carbons (Fsp3) is 1.00. The molecule has 2 nitrogen and oxygen atoms in total. The molecule has 0 aromatic carbocycles. The summed E-state index contributed by atoms with van der Waals surface area (Å²) in [6.45, 7) is 9.03. The van der Waals surface area contributed by atoms with Crippen LogP contribution in [0.25, 0.3) is 0 Å². The van der Waals surface area contributed by atoms with E-state index < -0.39 is 0 Å². The molecule has 0 aromatic rings. The predicted molar refractivity (Wildman–Crippen MR) is 71.5 cm³/mol. The van der Waals surface area contributed by atoms with Crippen molar-refractivity contribution in [2.45, 2.75) is 65.3 Å². The van der Waals surface area contributed by atoms with Gasteiger partial charge in [0, 0.05) is 12.6 Å². The Morgan fingerprint density at radius 3 is 2.38 bits per heavy atom. The van der Waals surface area contributed by atoms with E-state index in [9.17, 15) is 0 Å². The molecule has 0 spiro atoms. The van der Waals surface area contributed by atoms with E-state index in [0.717, 1.165) is 13.0 Å². The topological polar surface area (TPSA) is 38.0 Å². The smallest absolute Gasteiger partial charge is 0.00739 e. The summed E-state index contributed by atoms with van der Waals surface area (Å²) in [5.74, 6) is 0.605. The molecule has 1 aliphatic carbocycles. The summed E-state index contributed by atoms with van der Waals surface area (Å²) < 4.78 is 0. The predicted octanol–water partition coefficient (Wildman–Crippen LogP) is 2.92. The van der Waals surface area contributed by atoms with Crippen LogP contribution in [-0.4, -0.2) is 19.1 Å². The Balaban J connectivity index is 2.14. The molecule has 0 heterocycles. The van der Waals surface area contributed by atoms with E-state index in [1.165, 1.54) is 38.6 Å². The fourth-order valence-corrected chi connectivity index (χ4v) is 2.74. The lowest BCUT2D eigenvalue weighted by Gasteiger charge is -2.28. The molecule has 0 saturated heterocycles. The standard InChI is InChI=1S/C14H30N2/c1-4-14(8-5-6-9-14)11-16-10-7-13(15)12(2)3/h12-13,16H,4-11,15H2,1-3H3. The van der Waals surface area contributed by atoms with Gasteiger partial charge in [-0.05, 0) is 43.6 Å². The van der Waals surface area contributed by atoms with Crippen LogP contribution in [0.2, 0.25) is 0 Å². The first-order chi connectivity index (χ1) is 7.59. The molecule has 1 fully saturated rings. The Morgan fingerprint density at radius 2 is 1.88 bits per heavy atom. The van der Waals surface area contributed by atoms with Crippen LogP contribution in [0.1, 0.15) is 59.3 Å². The Labute approximate surface area is 101 Å². The second-order valence-electron chi connectivity index (χ2n) is 5.93. The maximum atomic E-state index is 6.04. The van der Waals surface area contributed by atoms with Crippen LogP contribution in [0.4, 0.5) is 0 Å². The van der Waals surface area contributed by atoms with Gasteiger partial charge in [0.25, 0.3) is 0 Å². The summed E-state index contributed by atoms with van der Waals surface area (Å²) in [6, 6.07) is 0.355. The summed E-state index contributed by atoms with van der Waals surface area (Å²) in [4.78, 5) is 0. The quantitative estimate of drug-likeness (QED) is 0.655. The SMILES string of the molecule is CCC1(CNCCC(N)C(C)C)CCCC1. The third kappa shape index (κ3) is 4.06. The molecule has 0 bridgehead atoms. The highest BCUT2D eigenvalue weighted by Crippen LogP contribution is 2.40. The lowest BCUT2D eigenvalue weighted by molar-refractivity contribution is 0.266. The fourth-order valence-electron chi connectivity index (χ4n) is 2.74. The summed E-state index contributed by atoms with van der Waals surface area (Å²) in [7, 11) is 0. The van der Waals surface area contributed by atoms with Gasteiger partial charge in [-0.3, -0.25) is 0 Å². The van der Waals surface area contributed by atoms with Crippen LogP contribution in [0.3, 0.4) is 0 Å². The van der Waals surface area contributed by atoms with E-state index in [-0.39, 0.29) is 0 Å². The third-order valence-corrected chi connectivity index (χ3v) is 4.42. The summed E-state index contributed by atoms with van der Waals surface area (Å²) >= 11 is 0. The van der Waals surface area contributed by atoms with Crippen LogP contribution in [-0.2, 0) is 0 Å². The minimum atomic E-state index is 0.355. The van der Waals surface area contributed by atoms with Crippen molar-refractivity contribution in [1.82, 2.24) is 5.32 Å². The van der Waals surface area contributed by atoms with Crippen molar-refractivity contribution in [3.63, 3.8) is 0 Å². The van der Waals surface area contributed by atoms with Crippen molar-refractivity contribution < 1.29 is 0 Å². The van der Waals surface area contributed by atoms with Crippen LogP contribution in [0.15, 0.2) is 0 Å². The summed E-state index contributed by atoms with van der Waals surface area (Å²) in [6.07, 6.45) is 8.15. The average Bonchev–Trinajstić information content (AvgIpc) is 2.73. The van der Waals surface area contributed by atoms with Gasteiger partial charge in [-0.1, -0.05) is 33.6 Å². The molecule has 1 saturated carbocycles. The van der Waals surface area contributed by atoms with Gasteiger partial charge in [0.15, 0.2) is 0 Å². The van der Waals surface area contributed by atoms with Crippen molar-refractivity contribution >= 4 is 0 Å². The second-order valence-corrected chi connectivity index (χ2v) is 5.93. The van der Waals surface area contributed by atoms with Gasteiger partial charge in [-0.2, -0.15) is 0 Å². The number of nitrogens with two attached hydrogens (primary N) is 1. The van der Waals surface area contributed by atoms with Crippen molar-refractivity contribution in [2.75, 3.05) is 13.1 Å². The van der Waals surface area contributed by atoms with Gasteiger partial charge < -0.3 is 11.1 Å². The van der Waals surface area contributed by atoms with Gasteiger partial charge in [0.2, 0.25) is 0 Å². The van der Waals surface area contributed by atoms with Crippen molar-refractivity contribution in [3.8, 4) is 0 Å². The third-order valence-electron chi connectivity index (χ3n) is 4.42. The first kappa shape index (κ1) is 14.0. The molecule has 0 aliphatic heterocycles. The summed E-state index contributed by atoms with van der Waals surface area (Å²) in [5, 5.41) is 3.62. The Morgan fingerprint density at radius 1 is 1.25 bits per heavy atom. The molecule has 96 valence electrons. The van der Waals surface area contributed by atoms with Crippen LogP contribution in [0, 0.1) is 11.3 Å². The largest absolute Gasteiger partial charge is 0.327 e. The minimum Gasteiger partial charge on any atom is -0.327 e. The highest BCUT2D eigenvalue weighted by atomic mass is 14.9.